The van der Waals surface area contributed by atoms with Gasteiger partial charge in [-0.15, -0.1) is 11.3 Å². The fourth-order valence-electron chi connectivity index (χ4n) is 1.69. The maximum absolute atomic E-state index is 12.1. The molecule has 0 amide bonds. The Kier molecular flexibility index (Phi) is 4.41. The molecule has 1 aliphatic heterocycles. The minimum absolute atomic E-state index is 0.141. The molecule has 1 saturated heterocycles. The van der Waals surface area contributed by atoms with E-state index in [0.29, 0.717) is 37.4 Å². The van der Waals surface area contributed by atoms with Crippen molar-refractivity contribution in [2.24, 2.45) is 0 Å². The first-order valence-corrected chi connectivity index (χ1v) is 8.12. The second-order valence-electron chi connectivity index (χ2n) is 3.99. The zero-order valence-electron chi connectivity index (χ0n) is 9.67. The molecule has 1 aliphatic rings. The molecule has 0 saturated carbocycles. The maximum Gasteiger partial charge on any atom is 0.300 e. The molecule has 0 bridgehead atoms. The fourth-order valence-corrected chi connectivity index (χ4v) is 4.67. The third-order valence-electron chi connectivity index (χ3n) is 2.65. The van der Waals surface area contributed by atoms with E-state index < -0.39 is 14.9 Å². The summed E-state index contributed by atoms with van der Waals surface area (Å²) >= 11 is 6.33. The Morgan fingerprint density at radius 2 is 2.11 bits per heavy atom. The summed E-state index contributed by atoms with van der Waals surface area (Å²) in [6.45, 7) is 0.997. The van der Waals surface area contributed by atoms with Crippen LogP contribution >= 0.6 is 22.9 Å². The molecule has 10 heteroatoms. The first-order valence-electron chi connectivity index (χ1n) is 5.44. The number of nitro groups is 1. The van der Waals surface area contributed by atoms with Crippen molar-refractivity contribution in [3.05, 3.63) is 20.5 Å². The van der Waals surface area contributed by atoms with Gasteiger partial charge in [0.1, 0.15) is 4.21 Å². The Balaban J connectivity index is 2.19. The van der Waals surface area contributed by atoms with Gasteiger partial charge in [-0.05, 0) is 12.8 Å². The van der Waals surface area contributed by atoms with E-state index in [1.807, 2.05) is 0 Å². The van der Waals surface area contributed by atoms with Gasteiger partial charge in [0.2, 0.25) is 0 Å². The van der Waals surface area contributed by atoms with Gasteiger partial charge in [-0.1, -0.05) is 11.6 Å². The molecule has 1 aromatic heterocycles. The van der Waals surface area contributed by atoms with Crippen molar-refractivity contribution in [1.29, 1.82) is 0 Å². The van der Waals surface area contributed by atoms with E-state index in [1.165, 1.54) is 0 Å². The highest BCUT2D eigenvalue weighted by Gasteiger charge is 2.28. The number of nitrogens with zero attached hydrogens (tertiary/aromatic N) is 1. The molecule has 0 radical (unpaired) electrons. The van der Waals surface area contributed by atoms with Gasteiger partial charge in [-0.3, -0.25) is 10.1 Å². The van der Waals surface area contributed by atoms with Crippen molar-refractivity contribution in [2.75, 3.05) is 13.2 Å². The number of sulfonamides is 1. The molecule has 1 aromatic rings. The van der Waals surface area contributed by atoms with E-state index in [2.05, 4.69) is 4.72 Å². The predicted octanol–water partition coefficient (Wildman–Crippen LogP) is 1.77. The average Bonchev–Trinajstić information content (AvgIpc) is 2.73. The molecule has 106 valence electrons. The predicted molar refractivity (Wildman–Crippen MR) is 70.1 cm³/mol. The van der Waals surface area contributed by atoms with Gasteiger partial charge in [0.15, 0.2) is 4.34 Å². The van der Waals surface area contributed by atoms with Crippen LogP contribution in [0.2, 0.25) is 4.34 Å². The third kappa shape index (κ3) is 3.42. The van der Waals surface area contributed by atoms with Gasteiger partial charge in [-0.25, -0.2) is 13.1 Å². The molecule has 1 N–H and O–H groups in total. The van der Waals surface area contributed by atoms with Crippen molar-refractivity contribution < 1.29 is 18.1 Å². The SMILES string of the molecule is O=[N+]([O-])c1cc(S(=O)(=O)NC2CCOCC2)sc1Cl. The van der Waals surface area contributed by atoms with Crippen molar-refractivity contribution in [3.63, 3.8) is 0 Å². The Bertz CT molecular complexity index is 579. The van der Waals surface area contributed by atoms with E-state index in [9.17, 15) is 18.5 Å². The summed E-state index contributed by atoms with van der Waals surface area (Å²) in [7, 11) is -3.77. The first-order chi connectivity index (χ1) is 8.90. The van der Waals surface area contributed by atoms with Gasteiger partial charge in [-0.2, -0.15) is 0 Å². The number of hydrogen-bond donors (Lipinski definition) is 1. The Labute approximate surface area is 118 Å². The molecule has 0 unspecified atom stereocenters. The van der Waals surface area contributed by atoms with Gasteiger partial charge < -0.3 is 4.74 Å². The third-order valence-corrected chi connectivity index (χ3v) is 5.98. The molecule has 0 atom stereocenters. The van der Waals surface area contributed by atoms with Crippen LogP contribution in [0.4, 0.5) is 5.69 Å². The second kappa shape index (κ2) is 5.71. The summed E-state index contributed by atoms with van der Waals surface area (Å²) in [6.07, 6.45) is 1.17. The standard InChI is InChI=1S/C9H11ClN2O5S2/c10-9-7(12(13)14)5-8(18-9)19(15,16)11-6-1-3-17-4-2-6/h5-6,11H,1-4H2. The first kappa shape index (κ1) is 14.7. The van der Waals surface area contributed by atoms with Gasteiger partial charge in [0.25, 0.3) is 15.7 Å². The molecule has 1 fully saturated rings. The Morgan fingerprint density at radius 1 is 1.47 bits per heavy atom. The number of hydrogen-bond acceptors (Lipinski definition) is 6. The quantitative estimate of drug-likeness (QED) is 0.671. The van der Waals surface area contributed by atoms with E-state index in [0.717, 1.165) is 6.07 Å². The minimum Gasteiger partial charge on any atom is -0.381 e. The number of rotatable bonds is 4. The van der Waals surface area contributed by atoms with Crippen LogP contribution in [-0.2, 0) is 14.8 Å². The summed E-state index contributed by atoms with van der Waals surface area (Å²) in [5, 5.41) is 10.6. The lowest BCUT2D eigenvalue weighted by Crippen LogP contribution is -2.38. The van der Waals surface area contributed by atoms with Crippen molar-refractivity contribution >= 4 is 38.6 Å². The summed E-state index contributed by atoms with van der Waals surface area (Å²) in [5.74, 6) is 0. The molecule has 0 aliphatic carbocycles. The summed E-state index contributed by atoms with van der Waals surface area (Å²) < 4.78 is 31.5. The highest BCUT2D eigenvalue weighted by Crippen LogP contribution is 2.36. The van der Waals surface area contributed by atoms with Crippen LogP contribution in [0.3, 0.4) is 0 Å². The van der Waals surface area contributed by atoms with Crippen molar-refractivity contribution in [2.45, 2.75) is 23.1 Å². The highest BCUT2D eigenvalue weighted by atomic mass is 35.5. The number of thiophene rings is 1. The normalized spacial score (nSPS) is 17.5. The van der Waals surface area contributed by atoms with Crippen LogP contribution in [0.15, 0.2) is 10.3 Å². The topological polar surface area (TPSA) is 98.5 Å². The lowest BCUT2D eigenvalue weighted by atomic mass is 10.1. The van der Waals surface area contributed by atoms with E-state index >= 15 is 0 Å². The fraction of sp³-hybridized carbons (Fsp3) is 0.556. The highest BCUT2D eigenvalue weighted by molar-refractivity contribution is 7.91. The molecule has 2 heterocycles. The molecule has 2 rings (SSSR count). The number of ether oxygens (including phenoxy) is 1. The van der Waals surface area contributed by atoms with Crippen LogP contribution in [0, 0.1) is 10.1 Å². The van der Waals surface area contributed by atoms with Gasteiger partial charge in [0, 0.05) is 25.3 Å². The summed E-state index contributed by atoms with van der Waals surface area (Å²) in [5.41, 5.74) is -0.390. The maximum atomic E-state index is 12.1. The van der Waals surface area contributed by atoms with Crippen molar-refractivity contribution in [1.82, 2.24) is 4.72 Å². The van der Waals surface area contributed by atoms with Crippen LogP contribution in [0.1, 0.15) is 12.8 Å². The molecule has 0 spiro atoms. The lowest BCUT2D eigenvalue weighted by molar-refractivity contribution is -0.384. The zero-order valence-corrected chi connectivity index (χ0v) is 12.1. The molecule has 19 heavy (non-hydrogen) atoms. The van der Waals surface area contributed by atoms with Crippen molar-refractivity contribution in [3.8, 4) is 0 Å². The largest absolute Gasteiger partial charge is 0.381 e. The Hall–Kier alpha value is -0.740. The van der Waals surface area contributed by atoms with E-state index in [1.54, 1.807) is 0 Å². The lowest BCUT2D eigenvalue weighted by Gasteiger charge is -2.22. The average molecular weight is 327 g/mol. The van der Waals surface area contributed by atoms with Crippen LogP contribution in [-0.4, -0.2) is 32.6 Å². The summed E-state index contributed by atoms with van der Waals surface area (Å²) in [6, 6.07) is 0.771. The molecular formula is C9H11ClN2O5S2. The smallest absolute Gasteiger partial charge is 0.300 e. The zero-order chi connectivity index (χ0) is 14.0. The molecular weight excluding hydrogens is 316 g/mol. The number of halogens is 1. The summed E-state index contributed by atoms with van der Waals surface area (Å²) in [4.78, 5) is 9.95. The van der Waals surface area contributed by atoms with Crippen LogP contribution in [0.5, 0.6) is 0 Å². The van der Waals surface area contributed by atoms with Crippen LogP contribution in [0.25, 0.3) is 0 Å². The Morgan fingerprint density at radius 3 is 2.63 bits per heavy atom. The van der Waals surface area contributed by atoms with E-state index in [4.69, 9.17) is 16.3 Å². The molecule has 0 aromatic carbocycles. The van der Waals surface area contributed by atoms with Gasteiger partial charge in [0.05, 0.1) is 4.92 Å². The van der Waals surface area contributed by atoms with Gasteiger partial charge >= 0.3 is 0 Å². The number of nitrogens with one attached hydrogen (secondary N) is 1. The van der Waals surface area contributed by atoms with Crippen LogP contribution < -0.4 is 4.72 Å². The van der Waals surface area contributed by atoms with E-state index in [-0.39, 0.29) is 20.3 Å². The minimum atomic E-state index is -3.77. The second-order valence-corrected chi connectivity index (χ2v) is 7.58. The molecule has 7 nitrogen and oxygen atoms in total. The monoisotopic (exact) mass is 326 g/mol.